The average molecular weight is 309 g/mol. The maximum Gasteiger partial charge on any atom is 0.241 e. The van der Waals surface area contributed by atoms with Gasteiger partial charge in [-0.2, -0.15) is 0 Å². The van der Waals surface area contributed by atoms with Gasteiger partial charge in [-0.05, 0) is 25.7 Å². The standard InChI is InChI=1S/C16H27N3O3/c1-15(2)13-11(6-5-9-22-13)16(15,17)14(21)18-10-12(20)19-7-3-4-8-19/h11,13H,3-10,17H2,1-2H3,(H,18,21). The Kier molecular flexibility index (Phi) is 3.93. The molecule has 2 amide bonds. The molecule has 3 atom stereocenters. The van der Waals surface area contributed by atoms with Gasteiger partial charge < -0.3 is 20.7 Å². The van der Waals surface area contributed by atoms with Gasteiger partial charge in [0.2, 0.25) is 11.8 Å². The fourth-order valence-corrected chi connectivity index (χ4v) is 4.42. The fourth-order valence-electron chi connectivity index (χ4n) is 4.42. The molecule has 3 N–H and O–H groups in total. The highest BCUT2D eigenvalue weighted by atomic mass is 16.5. The Hall–Kier alpha value is -1.14. The molecule has 3 fully saturated rings. The molecule has 3 rings (SSSR count). The maximum absolute atomic E-state index is 12.7. The van der Waals surface area contributed by atoms with E-state index in [0.29, 0.717) is 0 Å². The van der Waals surface area contributed by atoms with Gasteiger partial charge in [0.25, 0.3) is 0 Å². The van der Waals surface area contributed by atoms with Crippen LogP contribution in [0.25, 0.3) is 0 Å². The zero-order valence-corrected chi connectivity index (χ0v) is 13.6. The average Bonchev–Trinajstić information content (AvgIpc) is 3.05. The second kappa shape index (κ2) is 5.49. The lowest BCUT2D eigenvalue weighted by molar-refractivity contribution is -0.225. The quantitative estimate of drug-likeness (QED) is 0.783. The summed E-state index contributed by atoms with van der Waals surface area (Å²) in [5.74, 6) is -0.169. The summed E-state index contributed by atoms with van der Waals surface area (Å²) in [5, 5.41) is 2.78. The van der Waals surface area contributed by atoms with E-state index in [1.54, 1.807) is 0 Å². The molecule has 1 aliphatic carbocycles. The summed E-state index contributed by atoms with van der Waals surface area (Å²) in [6.45, 7) is 6.36. The lowest BCUT2D eigenvalue weighted by atomic mass is 9.46. The van der Waals surface area contributed by atoms with E-state index in [9.17, 15) is 9.59 Å². The van der Waals surface area contributed by atoms with Crippen molar-refractivity contribution in [3.05, 3.63) is 0 Å². The van der Waals surface area contributed by atoms with Crippen LogP contribution in [0.3, 0.4) is 0 Å². The molecule has 0 aromatic heterocycles. The summed E-state index contributed by atoms with van der Waals surface area (Å²) in [6, 6.07) is 0. The number of nitrogens with two attached hydrogens (primary N) is 1. The van der Waals surface area contributed by atoms with Crippen LogP contribution < -0.4 is 11.1 Å². The number of nitrogens with zero attached hydrogens (tertiary/aromatic N) is 1. The molecule has 0 bridgehead atoms. The Morgan fingerprint density at radius 3 is 2.64 bits per heavy atom. The number of hydrogen-bond acceptors (Lipinski definition) is 4. The highest BCUT2D eigenvalue weighted by Gasteiger charge is 2.70. The molecule has 2 saturated heterocycles. The van der Waals surface area contributed by atoms with Gasteiger partial charge in [0.05, 0.1) is 12.6 Å². The van der Waals surface area contributed by atoms with Crippen molar-refractivity contribution in [2.45, 2.75) is 51.2 Å². The van der Waals surface area contributed by atoms with Gasteiger partial charge in [0, 0.05) is 31.0 Å². The van der Waals surface area contributed by atoms with Gasteiger partial charge in [0.15, 0.2) is 0 Å². The van der Waals surface area contributed by atoms with E-state index in [1.165, 1.54) is 0 Å². The Labute approximate surface area is 131 Å². The molecule has 6 heteroatoms. The maximum atomic E-state index is 12.7. The normalized spacial score (nSPS) is 36.4. The summed E-state index contributed by atoms with van der Waals surface area (Å²) in [4.78, 5) is 26.6. The zero-order valence-electron chi connectivity index (χ0n) is 13.6. The van der Waals surface area contributed by atoms with Crippen molar-refractivity contribution >= 4 is 11.8 Å². The van der Waals surface area contributed by atoms with Gasteiger partial charge in [0.1, 0.15) is 5.54 Å². The molecule has 0 spiro atoms. The van der Waals surface area contributed by atoms with Gasteiger partial charge in [-0.1, -0.05) is 13.8 Å². The number of amides is 2. The van der Waals surface area contributed by atoms with Crippen LogP contribution in [0.4, 0.5) is 0 Å². The van der Waals surface area contributed by atoms with Crippen LogP contribution in [0.15, 0.2) is 0 Å². The first-order valence-corrected chi connectivity index (χ1v) is 8.35. The fraction of sp³-hybridized carbons (Fsp3) is 0.875. The molecule has 2 heterocycles. The molecule has 1 saturated carbocycles. The number of hydrogen-bond donors (Lipinski definition) is 2. The third-order valence-corrected chi connectivity index (χ3v) is 5.92. The van der Waals surface area contributed by atoms with Crippen molar-refractivity contribution in [3.63, 3.8) is 0 Å². The Bertz CT molecular complexity index is 473. The lowest BCUT2D eigenvalue weighted by Gasteiger charge is -2.65. The van der Waals surface area contributed by atoms with Crippen LogP contribution in [0, 0.1) is 11.3 Å². The molecular weight excluding hydrogens is 282 g/mol. The third kappa shape index (κ3) is 2.15. The second-order valence-electron chi connectivity index (χ2n) is 7.40. The second-order valence-corrected chi connectivity index (χ2v) is 7.40. The Morgan fingerprint density at radius 2 is 1.95 bits per heavy atom. The van der Waals surface area contributed by atoms with Gasteiger partial charge in [-0.15, -0.1) is 0 Å². The Balaban J connectivity index is 1.62. The van der Waals surface area contributed by atoms with E-state index in [2.05, 4.69) is 5.32 Å². The number of fused-ring (bicyclic) bond motifs is 1. The number of ether oxygens (including phenoxy) is 1. The molecule has 22 heavy (non-hydrogen) atoms. The van der Waals surface area contributed by atoms with E-state index in [0.717, 1.165) is 45.4 Å². The first-order valence-electron chi connectivity index (χ1n) is 8.35. The summed E-state index contributed by atoms with van der Waals surface area (Å²) in [5.41, 5.74) is 5.16. The minimum Gasteiger partial charge on any atom is -0.377 e. The third-order valence-electron chi connectivity index (χ3n) is 5.92. The van der Waals surface area contributed by atoms with E-state index in [4.69, 9.17) is 10.5 Å². The molecule has 0 aromatic carbocycles. The molecule has 0 radical (unpaired) electrons. The highest BCUT2D eigenvalue weighted by molar-refractivity contribution is 5.92. The first kappa shape index (κ1) is 15.7. The van der Waals surface area contributed by atoms with E-state index in [-0.39, 0.29) is 30.4 Å². The van der Waals surface area contributed by atoms with Crippen LogP contribution >= 0.6 is 0 Å². The zero-order chi connectivity index (χ0) is 16.0. The minimum atomic E-state index is -0.941. The minimum absolute atomic E-state index is 0.0111. The molecule has 6 nitrogen and oxygen atoms in total. The molecule has 3 unspecified atom stereocenters. The summed E-state index contributed by atoms with van der Waals surface area (Å²) in [7, 11) is 0. The summed E-state index contributed by atoms with van der Waals surface area (Å²) < 4.78 is 5.81. The lowest BCUT2D eigenvalue weighted by Crippen LogP contribution is -2.82. The van der Waals surface area contributed by atoms with E-state index in [1.807, 2.05) is 18.7 Å². The molecule has 124 valence electrons. The molecular formula is C16H27N3O3. The summed E-state index contributed by atoms with van der Waals surface area (Å²) >= 11 is 0. The Morgan fingerprint density at radius 1 is 1.27 bits per heavy atom. The van der Waals surface area contributed by atoms with Crippen molar-refractivity contribution in [2.75, 3.05) is 26.2 Å². The molecule has 0 aromatic rings. The summed E-state index contributed by atoms with van der Waals surface area (Å²) in [6.07, 6.45) is 4.00. The topological polar surface area (TPSA) is 84.7 Å². The van der Waals surface area contributed by atoms with E-state index >= 15 is 0 Å². The SMILES string of the molecule is CC1(C)C2OCCCC2C1(N)C(=O)NCC(=O)N1CCCC1. The smallest absolute Gasteiger partial charge is 0.241 e. The van der Waals surface area contributed by atoms with Crippen LogP contribution in [0.2, 0.25) is 0 Å². The predicted molar refractivity (Wildman–Crippen MR) is 82.0 cm³/mol. The van der Waals surface area contributed by atoms with Crippen molar-refractivity contribution in [2.24, 2.45) is 17.1 Å². The number of nitrogens with one attached hydrogen (secondary N) is 1. The van der Waals surface area contributed by atoms with Gasteiger partial charge in [-0.25, -0.2) is 0 Å². The number of rotatable bonds is 3. The van der Waals surface area contributed by atoms with Crippen LogP contribution in [-0.2, 0) is 14.3 Å². The first-order chi connectivity index (χ1) is 10.4. The number of carbonyl (C=O) groups excluding carboxylic acids is 2. The van der Waals surface area contributed by atoms with Crippen molar-refractivity contribution in [1.29, 1.82) is 0 Å². The van der Waals surface area contributed by atoms with Crippen LogP contribution in [0.5, 0.6) is 0 Å². The largest absolute Gasteiger partial charge is 0.377 e. The monoisotopic (exact) mass is 309 g/mol. The number of carbonyl (C=O) groups is 2. The van der Waals surface area contributed by atoms with Gasteiger partial charge in [-0.3, -0.25) is 9.59 Å². The van der Waals surface area contributed by atoms with Crippen LogP contribution in [0.1, 0.15) is 39.5 Å². The van der Waals surface area contributed by atoms with Gasteiger partial charge >= 0.3 is 0 Å². The van der Waals surface area contributed by atoms with E-state index < -0.39 is 11.0 Å². The number of likely N-dealkylation sites (tertiary alicyclic amines) is 1. The van der Waals surface area contributed by atoms with Crippen LogP contribution in [-0.4, -0.2) is 54.6 Å². The highest BCUT2D eigenvalue weighted by Crippen LogP contribution is 2.57. The van der Waals surface area contributed by atoms with Crippen molar-refractivity contribution in [3.8, 4) is 0 Å². The molecule has 3 aliphatic rings. The van der Waals surface area contributed by atoms with Crippen molar-refractivity contribution < 1.29 is 14.3 Å². The predicted octanol–water partition coefficient (Wildman–Crippen LogP) is 0.258. The molecule has 2 aliphatic heterocycles. The van der Waals surface area contributed by atoms with Crippen molar-refractivity contribution in [1.82, 2.24) is 10.2 Å².